The van der Waals surface area contributed by atoms with Crippen molar-refractivity contribution in [3.63, 3.8) is 0 Å². The lowest BCUT2D eigenvalue weighted by Gasteiger charge is -2.26. The Morgan fingerprint density at radius 1 is 1.18 bits per heavy atom. The Morgan fingerprint density at radius 2 is 1.88 bits per heavy atom. The van der Waals surface area contributed by atoms with E-state index >= 15 is 0 Å². The lowest BCUT2D eigenvalue weighted by Crippen LogP contribution is -2.57. The summed E-state index contributed by atoms with van der Waals surface area (Å²) in [5.74, 6) is -2.07. The molecule has 2 unspecified atom stereocenters. The third-order valence-corrected chi connectivity index (χ3v) is 8.74. The highest BCUT2D eigenvalue weighted by Gasteiger charge is 2.61. The van der Waals surface area contributed by atoms with Crippen molar-refractivity contribution < 1.29 is 27.6 Å². The molecule has 1 heterocycles. The molecule has 4 fully saturated rings. The van der Waals surface area contributed by atoms with E-state index in [9.17, 15) is 27.6 Å². The lowest BCUT2D eigenvalue weighted by atomic mass is 10.1. The molecule has 0 bridgehead atoms. The summed E-state index contributed by atoms with van der Waals surface area (Å²) >= 11 is 0. The first kappa shape index (κ1) is 24.2. The molecule has 5 N–H and O–H groups in total. The van der Waals surface area contributed by atoms with Crippen LogP contribution in [0.15, 0.2) is 24.4 Å². The first-order chi connectivity index (χ1) is 16.1. The van der Waals surface area contributed by atoms with Crippen LogP contribution in [0.25, 0.3) is 0 Å². The standard InChI is InChI=1S/C22H31N5O6S/c1-2-15-9-22(15,21(31)26-34(32,33)16-5-6-16)25-20(30)17-7-14(10-23)12-27(17)19(29)11-24-18(28)8-13-3-4-13/h2,10,13,15-17H,1,3-9,11-12,23H2,(H,24,28)(H,25,30)(H,26,31)/b14-10-/t15?,17-,22?/m0/s1. The second kappa shape index (κ2) is 9.05. The summed E-state index contributed by atoms with van der Waals surface area (Å²) in [6.07, 6.45) is 6.65. The van der Waals surface area contributed by atoms with E-state index < -0.39 is 50.5 Å². The molecule has 1 saturated heterocycles. The van der Waals surface area contributed by atoms with Crippen molar-refractivity contribution in [2.45, 2.75) is 61.8 Å². The largest absolute Gasteiger partial charge is 0.405 e. The van der Waals surface area contributed by atoms with Gasteiger partial charge in [0.25, 0.3) is 5.91 Å². The van der Waals surface area contributed by atoms with Crippen LogP contribution in [0, 0.1) is 11.8 Å². The predicted octanol–water partition coefficient (Wildman–Crippen LogP) is -0.984. The van der Waals surface area contributed by atoms with Crippen LogP contribution < -0.4 is 21.1 Å². The van der Waals surface area contributed by atoms with E-state index in [0.29, 0.717) is 30.8 Å². The van der Waals surface area contributed by atoms with Crippen LogP contribution in [0.1, 0.15) is 44.9 Å². The Morgan fingerprint density at radius 3 is 2.44 bits per heavy atom. The van der Waals surface area contributed by atoms with Crippen molar-refractivity contribution in [1.82, 2.24) is 20.3 Å². The SMILES string of the molecule is C=CC1CC1(NC(=O)[C@@H]1C/C(=C/N)CN1C(=O)CNC(=O)CC1CC1)C(=O)NS(=O)(=O)C1CC1. The number of rotatable bonds is 10. The Hall–Kier alpha value is -2.89. The normalized spacial score (nSPS) is 29.4. The summed E-state index contributed by atoms with van der Waals surface area (Å²) in [4.78, 5) is 52.2. The molecule has 0 spiro atoms. The van der Waals surface area contributed by atoms with E-state index in [-0.39, 0.29) is 31.8 Å². The number of nitrogens with one attached hydrogen (secondary N) is 3. The topological polar surface area (TPSA) is 168 Å². The van der Waals surface area contributed by atoms with Gasteiger partial charge >= 0.3 is 0 Å². The third-order valence-electron chi connectivity index (χ3n) is 6.92. The number of nitrogens with two attached hydrogens (primary N) is 1. The van der Waals surface area contributed by atoms with Gasteiger partial charge in [0, 0.05) is 25.3 Å². The molecule has 0 aromatic rings. The summed E-state index contributed by atoms with van der Waals surface area (Å²) < 4.78 is 26.6. The minimum atomic E-state index is -3.79. The number of hydrogen-bond donors (Lipinski definition) is 4. The highest BCUT2D eigenvalue weighted by atomic mass is 32.2. The quantitative estimate of drug-likeness (QED) is 0.284. The van der Waals surface area contributed by atoms with Gasteiger partial charge in [-0.15, -0.1) is 6.58 Å². The van der Waals surface area contributed by atoms with E-state index in [1.54, 1.807) is 0 Å². The number of likely N-dealkylation sites (tertiary alicyclic amines) is 1. The zero-order valence-corrected chi connectivity index (χ0v) is 19.7. The van der Waals surface area contributed by atoms with Crippen molar-refractivity contribution in [1.29, 1.82) is 0 Å². The number of amides is 4. The number of carbonyl (C=O) groups excluding carboxylic acids is 4. The number of sulfonamides is 1. The maximum Gasteiger partial charge on any atom is 0.259 e. The molecular weight excluding hydrogens is 462 g/mol. The van der Waals surface area contributed by atoms with E-state index in [1.807, 2.05) is 0 Å². The zero-order valence-electron chi connectivity index (χ0n) is 18.9. The van der Waals surface area contributed by atoms with Gasteiger partial charge in [0.1, 0.15) is 11.6 Å². The Kier molecular flexibility index (Phi) is 6.45. The van der Waals surface area contributed by atoms with Gasteiger partial charge in [-0.05, 0) is 49.8 Å². The number of nitrogens with zero attached hydrogens (tertiary/aromatic N) is 1. The minimum absolute atomic E-state index is 0.131. The summed E-state index contributed by atoms with van der Waals surface area (Å²) in [6.45, 7) is 3.56. The molecule has 3 saturated carbocycles. The third kappa shape index (κ3) is 5.11. The molecule has 1 aliphatic heterocycles. The predicted molar refractivity (Wildman–Crippen MR) is 122 cm³/mol. The van der Waals surface area contributed by atoms with Crippen molar-refractivity contribution >= 4 is 33.7 Å². The molecule has 4 rings (SSSR count). The minimum Gasteiger partial charge on any atom is -0.405 e. The Balaban J connectivity index is 1.42. The van der Waals surface area contributed by atoms with Gasteiger partial charge < -0.3 is 21.3 Å². The van der Waals surface area contributed by atoms with E-state index in [4.69, 9.17) is 5.73 Å². The van der Waals surface area contributed by atoms with Crippen LogP contribution >= 0.6 is 0 Å². The van der Waals surface area contributed by atoms with Gasteiger partial charge in [0.05, 0.1) is 11.8 Å². The second-order valence-electron chi connectivity index (χ2n) is 9.67. The molecule has 34 heavy (non-hydrogen) atoms. The van der Waals surface area contributed by atoms with Gasteiger partial charge in [-0.3, -0.25) is 23.9 Å². The Labute approximate surface area is 198 Å². The summed E-state index contributed by atoms with van der Waals surface area (Å²) in [7, 11) is -3.79. The van der Waals surface area contributed by atoms with Gasteiger partial charge in [-0.1, -0.05) is 6.08 Å². The van der Waals surface area contributed by atoms with Crippen LogP contribution in [0.5, 0.6) is 0 Å². The van der Waals surface area contributed by atoms with Crippen LogP contribution in [0.3, 0.4) is 0 Å². The van der Waals surface area contributed by atoms with E-state index in [2.05, 4.69) is 21.9 Å². The summed E-state index contributed by atoms with van der Waals surface area (Å²) in [5, 5.41) is 4.71. The van der Waals surface area contributed by atoms with Crippen LogP contribution in [-0.4, -0.2) is 66.9 Å². The molecule has 3 atom stereocenters. The first-order valence-electron chi connectivity index (χ1n) is 11.6. The van der Waals surface area contributed by atoms with E-state index in [1.165, 1.54) is 17.2 Å². The van der Waals surface area contributed by atoms with Crippen molar-refractivity contribution in [3.05, 3.63) is 24.4 Å². The molecule has 4 amide bonds. The molecule has 11 nitrogen and oxygen atoms in total. The Bertz CT molecular complexity index is 1050. The number of hydrogen-bond acceptors (Lipinski definition) is 7. The number of carbonyl (C=O) groups is 4. The second-order valence-corrected chi connectivity index (χ2v) is 11.6. The van der Waals surface area contributed by atoms with Crippen molar-refractivity contribution in [2.75, 3.05) is 13.1 Å². The molecular formula is C22H31N5O6S. The average molecular weight is 494 g/mol. The van der Waals surface area contributed by atoms with Gasteiger partial charge in [0.2, 0.25) is 27.7 Å². The highest BCUT2D eigenvalue weighted by Crippen LogP contribution is 2.45. The lowest BCUT2D eigenvalue weighted by molar-refractivity contribution is -0.140. The fraction of sp³-hybridized carbons (Fsp3) is 0.636. The van der Waals surface area contributed by atoms with Crippen LogP contribution in [-0.2, 0) is 29.2 Å². The molecule has 3 aliphatic carbocycles. The fourth-order valence-electron chi connectivity index (χ4n) is 4.32. The molecule has 0 radical (unpaired) electrons. The molecule has 12 heteroatoms. The van der Waals surface area contributed by atoms with Gasteiger partial charge in [0.15, 0.2) is 0 Å². The van der Waals surface area contributed by atoms with Crippen LogP contribution in [0.4, 0.5) is 0 Å². The van der Waals surface area contributed by atoms with Crippen molar-refractivity contribution in [2.24, 2.45) is 17.6 Å². The summed E-state index contributed by atoms with van der Waals surface area (Å²) in [6, 6.07) is -0.932. The van der Waals surface area contributed by atoms with E-state index in [0.717, 1.165) is 12.8 Å². The summed E-state index contributed by atoms with van der Waals surface area (Å²) in [5.41, 5.74) is 4.87. The molecule has 186 valence electrons. The zero-order chi connectivity index (χ0) is 24.7. The van der Waals surface area contributed by atoms with Gasteiger partial charge in [-0.25, -0.2) is 8.42 Å². The van der Waals surface area contributed by atoms with Crippen molar-refractivity contribution in [3.8, 4) is 0 Å². The maximum atomic E-state index is 13.2. The average Bonchev–Trinajstić information content (AvgIpc) is 3.66. The maximum absolute atomic E-state index is 13.2. The molecule has 0 aromatic heterocycles. The van der Waals surface area contributed by atoms with Gasteiger partial charge in [-0.2, -0.15) is 0 Å². The monoisotopic (exact) mass is 493 g/mol. The molecule has 4 aliphatic rings. The van der Waals surface area contributed by atoms with Crippen LogP contribution in [0.2, 0.25) is 0 Å². The first-order valence-corrected chi connectivity index (χ1v) is 13.1. The fourth-order valence-corrected chi connectivity index (χ4v) is 5.68. The highest BCUT2D eigenvalue weighted by molar-refractivity contribution is 7.91. The molecule has 0 aromatic carbocycles. The smallest absolute Gasteiger partial charge is 0.259 e.